The van der Waals surface area contributed by atoms with Gasteiger partial charge in [-0.25, -0.2) is 4.79 Å². The van der Waals surface area contributed by atoms with Crippen LogP contribution in [-0.4, -0.2) is 27.9 Å². The van der Waals surface area contributed by atoms with E-state index in [-0.39, 0.29) is 12.4 Å². The van der Waals surface area contributed by atoms with Crippen LogP contribution in [0.15, 0.2) is 36.5 Å². The summed E-state index contributed by atoms with van der Waals surface area (Å²) in [7, 11) is 1.90. The van der Waals surface area contributed by atoms with Crippen molar-refractivity contribution < 1.29 is 14.3 Å². The van der Waals surface area contributed by atoms with Crippen molar-refractivity contribution >= 4 is 22.7 Å². The van der Waals surface area contributed by atoms with E-state index in [1.54, 1.807) is 6.20 Å². The highest BCUT2D eigenvalue weighted by molar-refractivity contribution is 6.05. The summed E-state index contributed by atoms with van der Waals surface area (Å²) in [6.45, 7) is 3.55. The van der Waals surface area contributed by atoms with Crippen LogP contribution >= 0.6 is 0 Å². The lowest BCUT2D eigenvalue weighted by Gasteiger charge is -2.04. The number of aromatic nitrogens is 2. The zero-order chi connectivity index (χ0) is 16.6. The molecule has 0 unspecified atom stereocenters. The zero-order valence-corrected chi connectivity index (χ0v) is 13.3. The third kappa shape index (κ3) is 2.65. The molecule has 0 amide bonds. The Balaban J connectivity index is 1.74. The van der Waals surface area contributed by atoms with E-state index in [9.17, 15) is 9.59 Å². The number of ether oxygens (including phenoxy) is 1. The number of hydrogen-bond acceptors (Lipinski definition) is 3. The topological polar surface area (TPSA) is 64.1 Å². The van der Waals surface area contributed by atoms with E-state index in [4.69, 9.17) is 4.74 Å². The molecule has 5 nitrogen and oxygen atoms in total. The fourth-order valence-electron chi connectivity index (χ4n) is 2.66. The van der Waals surface area contributed by atoms with E-state index in [1.165, 1.54) is 0 Å². The number of benzene rings is 1. The number of aryl methyl sites for hydroxylation is 1. The number of H-pyrrole nitrogens is 1. The van der Waals surface area contributed by atoms with Gasteiger partial charge in [-0.05, 0) is 26.0 Å². The molecule has 2 aromatic heterocycles. The number of rotatable bonds is 4. The predicted octanol–water partition coefficient (Wildman–Crippen LogP) is 3.16. The summed E-state index contributed by atoms with van der Waals surface area (Å²) in [5.74, 6) is -0.694. The molecule has 1 N–H and O–H groups in total. The van der Waals surface area contributed by atoms with E-state index in [0.717, 1.165) is 22.3 Å². The number of fused-ring (bicyclic) bond motifs is 1. The Morgan fingerprint density at radius 3 is 2.61 bits per heavy atom. The van der Waals surface area contributed by atoms with Gasteiger partial charge in [-0.2, -0.15) is 0 Å². The molecule has 23 heavy (non-hydrogen) atoms. The minimum absolute atomic E-state index is 0.195. The quantitative estimate of drug-likeness (QED) is 0.594. The van der Waals surface area contributed by atoms with Gasteiger partial charge in [-0.1, -0.05) is 18.2 Å². The number of carbonyl (C=O) groups is 2. The summed E-state index contributed by atoms with van der Waals surface area (Å²) < 4.78 is 7.14. The number of para-hydroxylation sites is 1. The summed E-state index contributed by atoms with van der Waals surface area (Å²) in [5.41, 5.74) is 3.76. The lowest BCUT2D eigenvalue weighted by Crippen LogP contribution is -2.14. The van der Waals surface area contributed by atoms with Crippen molar-refractivity contribution in [2.24, 2.45) is 7.05 Å². The minimum atomic E-state index is -0.499. The number of hydrogen-bond donors (Lipinski definition) is 1. The van der Waals surface area contributed by atoms with Crippen molar-refractivity contribution in [3.63, 3.8) is 0 Å². The van der Waals surface area contributed by atoms with Gasteiger partial charge < -0.3 is 14.3 Å². The van der Waals surface area contributed by atoms with Gasteiger partial charge >= 0.3 is 5.97 Å². The van der Waals surface area contributed by atoms with Crippen LogP contribution in [0.4, 0.5) is 0 Å². The highest BCUT2D eigenvalue weighted by Crippen LogP contribution is 2.19. The van der Waals surface area contributed by atoms with E-state index in [2.05, 4.69) is 4.98 Å². The van der Waals surface area contributed by atoms with Gasteiger partial charge in [0.1, 0.15) is 0 Å². The van der Waals surface area contributed by atoms with Crippen LogP contribution in [0.3, 0.4) is 0 Å². The first-order valence-electron chi connectivity index (χ1n) is 7.38. The first-order chi connectivity index (χ1) is 11.0. The zero-order valence-electron chi connectivity index (χ0n) is 13.3. The number of nitrogens with zero attached hydrogens (tertiary/aromatic N) is 1. The van der Waals surface area contributed by atoms with E-state index < -0.39 is 5.97 Å². The minimum Gasteiger partial charge on any atom is -0.454 e. The Morgan fingerprint density at radius 2 is 1.91 bits per heavy atom. The van der Waals surface area contributed by atoms with Crippen LogP contribution < -0.4 is 0 Å². The SMILES string of the molecule is Cc1cc(C(=O)COC(=O)c2c[nH]c3ccccc23)c(C)n1C. The molecule has 0 saturated heterocycles. The second-order valence-corrected chi connectivity index (χ2v) is 5.59. The van der Waals surface area contributed by atoms with Crippen LogP contribution in [-0.2, 0) is 11.8 Å². The van der Waals surface area contributed by atoms with Gasteiger partial charge in [0, 0.05) is 41.1 Å². The molecule has 0 bridgehead atoms. The molecular weight excluding hydrogens is 292 g/mol. The lowest BCUT2D eigenvalue weighted by atomic mass is 10.1. The summed E-state index contributed by atoms with van der Waals surface area (Å²) in [6.07, 6.45) is 1.61. The molecule has 2 heterocycles. The van der Waals surface area contributed by atoms with E-state index in [1.807, 2.05) is 55.8 Å². The number of ketones is 1. The molecule has 0 spiro atoms. The number of carbonyl (C=O) groups excluding carboxylic acids is 2. The standard InChI is InChI=1S/C18H18N2O3/c1-11-8-14(12(2)20(11)3)17(21)10-23-18(22)15-9-19-16-7-5-4-6-13(15)16/h4-9,19H,10H2,1-3H3. The van der Waals surface area contributed by atoms with Crippen molar-refractivity contribution in [1.29, 1.82) is 0 Å². The summed E-state index contributed by atoms with van der Waals surface area (Å²) in [5, 5.41) is 0.789. The third-order valence-electron chi connectivity index (χ3n) is 4.22. The largest absolute Gasteiger partial charge is 0.454 e. The van der Waals surface area contributed by atoms with Crippen LogP contribution in [0.5, 0.6) is 0 Å². The molecule has 0 saturated carbocycles. The normalized spacial score (nSPS) is 10.9. The summed E-state index contributed by atoms with van der Waals surface area (Å²) >= 11 is 0. The average Bonchev–Trinajstić information content (AvgIpc) is 3.09. The Labute approximate surface area is 133 Å². The summed E-state index contributed by atoms with van der Waals surface area (Å²) in [6, 6.07) is 9.28. The molecule has 3 rings (SSSR count). The lowest BCUT2D eigenvalue weighted by molar-refractivity contribution is 0.0476. The molecule has 0 aliphatic carbocycles. The number of esters is 1. The Bertz CT molecular complexity index is 902. The fourth-order valence-corrected chi connectivity index (χ4v) is 2.66. The number of nitrogens with one attached hydrogen (secondary N) is 1. The molecule has 0 aliphatic rings. The number of aromatic amines is 1. The van der Waals surface area contributed by atoms with Gasteiger partial charge in [-0.15, -0.1) is 0 Å². The van der Waals surface area contributed by atoms with Gasteiger partial charge in [0.25, 0.3) is 0 Å². The van der Waals surface area contributed by atoms with Crippen LogP contribution in [0.1, 0.15) is 32.1 Å². The van der Waals surface area contributed by atoms with Crippen molar-refractivity contribution in [2.45, 2.75) is 13.8 Å². The van der Waals surface area contributed by atoms with Crippen molar-refractivity contribution in [1.82, 2.24) is 9.55 Å². The summed E-state index contributed by atoms with van der Waals surface area (Å²) in [4.78, 5) is 27.5. The molecule has 0 aliphatic heterocycles. The first-order valence-corrected chi connectivity index (χ1v) is 7.38. The van der Waals surface area contributed by atoms with Crippen LogP contribution in [0.25, 0.3) is 10.9 Å². The Morgan fingerprint density at radius 1 is 1.17 bits per heavy atom. The molecule has 0 radical (unpaired) electrons. The van der Waals surface area contributed by atoms with Gasteiger partial charge in [0.05, 0.1) is 5.56 Å². The average molecular weight is 310 g/mol. The van der Waals surface area contributed by atoms with Gasteiger partial charge in [0.2, 0.25) is 5.78 Å². The van der Waals surface area contributed by atoms with Crippen molar-refractivity contribution in [2.75, 3.05) is 6.61 Å². The first kappa shape index (κ1) is 15.1. The second kappa shape index (κ2) is 5.76. The highest BCUT2D eigenvalue weighted by Gasteiger charge is 2.18. The molecule has 3 aromatic rings. The molecular formula is C18H18N2O3. The molecule has 0 fully saturated rings. The molecule has 118 valence electrons. The molecule has 5 heteroatoms. The third-order valence-corrected chi connectivity index (χ3v) is 4.22. The van der Waals surface area contributed by atoms with Crippen LogP contribution in [0.2, 0.25) is 0 Å². The van der Waals surface area contributed by atoms with E-state index >= 15 is 0 Å². The monoisotopic (exact) mass is 310 g/mol. The van der Waals surface area contributed by atoms with Crippen molar-refractivity contribution in [3.8, 4) is 0 Å². The highest BCUT2D eigenvalue weighted by atomic mass is 16.5. The molecule has 1 aromatic carbocycles. The maximum Gasteiger partial charge on any atom is 0.340 e. The van der Waals surface area contributed by atoms with E-state index in [0.29, 0.717) is 11.1 Å². The molecule has 0 atom stereocenters. The smallest absolute Gasteiger partial charge is 0.340 e. The Hall–Kier alpha value is -2.82. The second-order valence-electron chi connectivity index (χ2n) is 5.59. The van der Waals surface area contributed by atoms with Crippen LogP contribution in [0, 0.1) is 13.8 Å². The fraction of sp³-hybridized carbons (Fsp3) is 0.222. The van der Waals surface area contributed by atoms with Gasteiger partial charge in [-0.3, -0.25) is 4.79 Å². The van der Waals surface area contributed by atoms with Crippen molar-refractivity contribution in [3.05, 3.63) is 59.0 Å². The number of Topliss-reactive ketones (excluding diaryl/α,β-unsaturated/α-hetero) is 1. The Kier molecular flexibility index (Phi) is 3.78. The maximum absolute atomic E-state index is 12.3. The maximum atomic E-state index is 12.3. The van der Waals surface area contributed by atoms with Gasteiger partial charge in [0.15, 0.2) is 6.61 Å². The predicted molar refractivity (Wildman–Crippen MR) is 87.8 cm³/mol.